The fraction of sp³-hybridized carbons (Fsp3) is 0.294. The smallest absolute Gasteiger partial charge is 0.165 e. The molecule has 5 nitrogen and oxygen atoms in total. The van der Waals surface area contributed by atoms with Crippen LogP contribution >= 0.6 is 0 Å². The molecule has 1 N–H and O–H groups in total. The highest BCUT2D eigenvalue weighted by Crippen LogP contribution is 2.26. The maximum Gasteiger partial charge on any atom is 0.165 e. The monoisotopic (exact) mass is 295 g/mol. The second kappa shape index (κ2) is 6.05. The fourth-order valence-corrected chi connectivity index (χ4v) is 2.42. The lowest BCUT2D eigenvalue weighted by atomic mass is 10.1. The summed E-state index contributed by atoms with van der Waals surface area (Å²) in [5.74, 6) is 0.975. The molecule has 22 heavy (non-hydrogen) atoms. The Bertz CT molecular complexity index is 758. The highest BCUT2D eigenvalue weighted by Gasteiger charge is 2.10. The van der Waals surface area contributed by atoms with E-state index >= 15 is 0 Å². The van der Waals surface area contributed by atoms with E-state index in [2.05, 4.69) is 51.5 Å². The first-order valence-corrected chi connectivity index (χ1v) is 7.55. The molecule has 0 saturated heterocycles. The van der Waals surface area contributed by atoms with Crippen molar-refractivity contribution in [3.05, 3.63) is 42.7 Å². The summed E-state index contributed by atoms with van der Waals surface area (Å²) in [6.45, 7) is 3.07. The van der Waals surface area contributed by atoms with Crippen molar-refractivity contribution in [1.29, 1.82) is 0 Å². The van der Waals surface area contributed by atoms with E-state index in [1.165, 1.54) is 5.69 Å². The van der Waals surface area contributed by atoms with Gasteiger partial charge in [0.15, 0.2) is 5.65 Å². The summed E-state index contributed by atoms with van der Waals surface area (Å²) in [6.07, 6.45) is 4.78. The maximum atomic E-state index is 4.49. The van der Waals surface area contributed by atoms with Gasteiger partial charge in [-0.15, -0.1) is 0 Å². The van der Waals surface area contributed by atoms with Crippen molar-refractivity contribution in [2.24, 2.45) is 0 Å². The van der Waals surface area contributed by atoms with Crippen LogP contribution in [-0.2, 0) is 0 Å². The van der Waals surface area contributed by atoms with E-state index in [1.54, 1.807) is 0 Å². The lowest BCUT2D eigenvalue weighted by molar-refractivity contribution is 0.903. The highest BCUT2D eigenvalue weighted by atomic mass is 15.3. The van der Waals surface area contributed by atoms with Crippen molar-refractivity contribution in [3.8, 4) is 11.1 Å². The van der Waals surface area contributed by atoms with E-state index in [4.69, 9.17) is 0 Å². The maximum absolute atomic E-state index is 4.49. The molecule has 0 spiro atoms. The number of aromatic nitrogens is 3. The third kappa shape index (κ3) is 2.62. The van der Waals surface area contributed by atoms with Crippen molar-refractivity contribution < 1.29 is 0 Å². The molecule has 114 valence electrons. The molecule has 0 aliphatic carbocycles. The van der Waals surface area contributed by atoms with Crippen molar-refractivity contribution in [1.82, 2.24) is 14.6 Å². The summed E-state index contributed by atoms with van der Waals surface area (Å²) in [7, 11) is 4.08. The number of anilines is 2. The predicted octanol–water partition coefficient (Wildman–Crippen LogP) is 3.28. The molecule has 0 aliphatic rings. The second-order valence-electron chi connectivity index (χ2n) is 5.49. The average molecular weight is 295 g/mol. The molecule has 5 heteroatoms. The minimum atomic E-state index is 0.874. The van der Waals surface area contributed by atoms with E-state index in [-0.39, 0.29) is 0 Å². The number of hydrogen-bond acceptors (Lipinski definition) is 4. The second-order valence-corrected chi connectivity index (χ2v) is 5.49. The van der Waals surface area contributed by atoms with E-state index in [0.717, 1.165) is 35.6 Å². The fourth-order valence-electron chi connectivity index (χ4n) is 2.42. The van der Waals surface area contributed by atoms with Crippen molar-refractivity contribution in [2.75, 3.05) is 30.9 Å². The molecular weight excluding hydrogens is 274 g/mol. The van der Waals surface area contributed by atoms with Gasteiger partial charge in [-0.25, -0.2) is 4.98 Å². The van der Waals surface area contributed by atoms with Gasteiger partial charge < -0.3 is 10.2 Å². The Hall–Kier alpha value is -2.56. The minimum absolute atomic E-state index is 0.874. The Balaban J connectivity index is 2.01. The summed E-state index contributed by atoms with van der Waals surface area (Å²) in [6, 6.07) is 10.4. The summed E-state index contributed by atoms with van der Waals surface area (Å²) in [5.41, 5.74) is 4.23. The molecule has 0 fully saturated rings. The van der Waals surface area contributed by atoms with Crippen LogP contribution in [-0.4, -0.2) is 35.2 Å². The zero-order valence-electron chi connectivity index (χ0n) is 13.2. The molecule has 0 aliphatic heterocycles. The first-order chi connectivity index (χ1) is 10.7. The van der Waals surface area contributed by atoms with Gasteiger partial charge in [0.05, 0.1) is 6.20 Å². The SMILES string of the molecule is CCCNc1ccnc2c(-c3ccc(N(C)C)cc3)cnn12. The van der Waals surface area contributed by atoms with Crippen molar-refractivity contribution in [3.63, 3.8) is 0 Å². The van der Waals surface area contributed by atoms with Crippen LogP contribution in [0.15, 0.2) is 42.7 Å². The summed E-state index contributed by atoms with van der Waals surface area (Å²) >= 11 is 0. The van der Waals surface area contributed by atoms with Gasteiger partial charge in [-0.3, -0.25) is 0 Å². The van der Waals surface area contributed by atoms with Gasteiger partial charge in [0, 0.05) is 38.1 Å². The first-order valence-electron chi connectivity index (χ1n) is 7.55. The van der Waals surface area contributed by atoms with Crippen LogP contribution in [0.5, 0.6) is 0 Å². The predicted molar refractivity (Wildman–Crippen MR) is 91.5 cm³/mol. The summed E-state index contributed by atoms with van der Waals surface area (Å²) < 4.78 is 1.87. The van der Waals surface area contributed by atoms with Crippen molar-refractivity contribution >= 4 is 17.2 Å². The van der Waals surface area contributed by atoms with Crippen LogP contribution in [0, 0.1) is 0 Å². The molecule has 2 heterocycles. The Kier molecular flexibility index (Phi) is 3.96. The van der Waals surface area contributed by atoms with E-state index in [0.29, 0.717) is 0 Å². The van der Waals surface area contributed by atoms with Crippen molar-refractivity contribution in [2.45, 2.75) is 13.3 Å². The average Bonchev–Trinajstić information content (AvgIpc) is 2.97. The molecule has 0 radical (unpaired) electrons. The van der Waals surface area contributed by atoms with E-state index in [1.807, 2.05) is 37.1 Å². The summed E-state index contributed by atoms with van der Waals surface area (Å²) in [5, 5.41) is 7.87. The van der Waals surface area contributed by atoms with Crippen LogP contribution in [0.2, 0.25) is 0 Å². The van der Waals surface area contributed by atoms with Gasteiger partial charge in [-0.05, 0) is 30.2 Å². The van der Waals surface area contributed by atoms with E-state index < -0.39 is 0 Å². The molecule has 3 rings (SSSR count). The molecule has 1 aromatic carbocycles. The number of hydrogen-bond donors (Lipinski definition) is 1. The van der Waals surface area contributed by atoms with Crippen LogP contribution in [0.25, 0.3) is 16.8 Å². The molecule has 0 amide bonds. The van der Waals surface area contributed by atoms with Crippen LogP contribution in [0.1, 0.15) is 13.3 Å². The zero-order valence-corrected chi connectivity index (χ0v) is 13.2. The van der Waals surface area contributed by atoms with Crippen LogP contribution in [0.3, 0.4) is 0 Å². The van der Waals surface area contributed by atoms with Gasteiger partial charge in [-0.2, -0.15) is 9.61 Å². The largest absolute Gasteiger partial charge is 0.378 e. The Labute approximate surface area is 130 Å². The molecule has 3 aromatic rings. The van der Waals surface area contributed by atoms with Gasteiger partial charge >= 0.3 is 0 Å². The topological polar surface area (TPSA) is 45.5 Å². The first kappa shape index (κ1) is 14.4. The quantitative estimate of drug-likeness (QED) is 0.784. The third-order valence-corrected chi connectivity index (χ3v) is 3.65. The third-order valence-electron chi connectivity index (χ3n) is 3.65. The van der Waals surface area contributed by atoms with Gasteiger partial charge in [-0.1, -0.05) is 19.1 Å². The number of fused-ring (bicyclic) bond motifs is 1. The summed E-state index contributed by atoms with van der Waals surface area (Å²) in [4.78, 5) is 6.58. The minimum Gasteiger partial charge on any atom is -0.378 e. The normalized spacial score (nSPS) is 10.9. The molecule has 0 bridgehead atoms. The zero-order chi connectivity index (χ0) is 15.5. The molecule has 0 unspecified atom stereocenters. The molecule has 2 aromatic heterocycles. The van der Waals surface area contributed by atoms with Crippen LogP contribution < -0.4 is 10.2 Å². The Morgan fingerprint density at radius 2 is 1.91 bits per heavy atom. The van der Waals surface area contributed by atoms with E-state index in [9.17, 15) is 0 Å². The lowest BCUT2D eigenvalue weighted by Crippen LogP contribution is -2.07. The molecule has 0 saturated carbocycles. The number of rotatable bonds is 5. The van der Waals surface area contributed by atoms with Gasteiger partial charge in [0.25, 0.3) is 0 Å². The molecule has 0 atom stereocenters. The Morgan fingerprint density at radius 3 is 2.59 bits per heavy atom. The van der Waals surface area contributed by atoms with Crippen LogP contribution in [0.4, 0.5) is 11.5 Å². The number of nitrogens with zero attached hydrogens (tertiary/aromatic N) is 4. The standard InChI is InChI=1S/C17H21N5/c1-4-10-18-16-9-11-19-17-15(12-20-22(16)17)13-5-7-14(8-6-13)21(2)3/h5-9,11-12,18H,4,10H2,1-3H3. The number of nitrogens with one attached hydrogen (secondary N) is 1. The highest BCUT2D eigenvalue weighted by molar-refractivity contribution is 5.78. The lowest BCUT2D eigenvalue weighted by Gasteiger charge is -2.12. The van der Waals surface area contributed by atoms with Gasteiger partial charge in [0.2, 0.25) is 0 Å². The molecular formula is C17H21N5. The van der Waals surface area contributed by atoms with Gasteiger partial charge in [0.1, 0.15) is 5.82 Å². The Morgan fingerprint density at radius 1 is 1.14 bits per heavy atom. The number of benzene rings is 1.